The molecule has 0 aromatic carbocycles. The van der Waals surface area contributed by atoms with E-state index in [1.54, 1.807) is 12.3 Å². The van der Waals surface area contributed by atoms with E-state index < -0.39 is 5.97 Å². The quantitative estimate of drug-likeness (QED) is 0.944. The molecule has 2 heterocycles. The third-order valence-corrected chi connectivity index (χ3v) is 3.26. The van der Waals surface area contributed by atoms with Gasteiger partial charge in [0.15, 0.2) is 0 Å². The monoisotopic (exact) mass is 310 g/mol. The summed E-state index contributed by atoms with van der Waals surface area (Å²) in [6.07, 6.45) is 3.04. The molecule has 0 atom stereocenters. The van der Waals surface area contributed by atoms with Crippen molar-refractivity contribution in [1.82, 2.24) is 9.97 Å². The van der Waals surface area contributed by atoms with Gasteiger partial charge in [-0.15, -0.1) is 0 Å². The van der Waals surface area contributed by atoms with Gasteiger partial charge in [-0.05, 0) is 40.2 Å². The predicted molar refractivity (Wildman–Crippen MR) is 67.3 cm³/mol. The molecule has 17 heavy (non-hydrogen) atoms. The third kappa shape index (κ3) is 3.28. The minimum atomic E-state index is -0.976. The van der Waals surface area contributed by atoms with Crippen molar-refractivity contribution in [3.05, 3.63) is 46.7 Å². The van der Waals surface area contributed by atoms with Crippen LogP contribution < -0.4 is 0 Å². The second-order valence-corrected chi connectivity index (χ2v) is 5.06. The fourth-order valence-corrected chi connectivity index (χ4v) is 2.03. The molecule has 0 bridgehead atoms. The molecule has 2 aromatic heterocycles. The summed E-state index contributed by atoms with van der Waals surface area (Å²) >= 11 is 4.68. The van der Waals surface area contributed by atoms with Gasteiger partial charge < -0.3 is 5.11 Å². The number of rotatable bonds is 3. The van der Waals surface area contributed by atoms with Gasteiger partial charge in [-0.3, -0.25) is 0 Å². The molecule has 0 fully saturated rings. The topological polar surface area (TPSA) is 63.1 Å². The summed E-state index contributed by atoms with van der Waals surface area (Å²) in [5.74, 6) is -0.976. The Morgan fingerprint density at radius 1 is 1.12 bits per heavy atom. The van der Waals surface area contributed by atoms with E-state index >= 15 is 0 Å². The average Bonchev–Trinajstić information content (AvgIpc) is 2.33. The highest BCUT2D eigenvalue weighted by Crippen LogP contribution is 2.24. The molecule has 0 aliphatic carbocycles. The minimum absolute atomic E-state index is 0.179. The van der Waals surface area contributed by atoms with E-state index in [0.717, 1.165) is 9.50 Å². The van der Waals surface area contributed by atoms with Gasteiger partial charge in [0.1, 0.15) is 10.1 Å². The van der Waals surface area contributed by atoms with Gasteiger partial charge in [-0.1, -0.05) is 11.8 Å². The second-order valence-electron chi connectivity index (χ2n) is 3.11. The van der Waals surface area contributed by atoms with Crippen molar-refractivity contribution in [2.45, 2.75) is 10.1 Å². The number of carboxylic acids is 1. The fraction of sp³-hybridized carbons (Fsp3) is 0. The van der Waals surface area contributed by atoms with Crippen LogP contribution in [0, 0.1) is 0 Å². The maximum atomic E-state index is 10.6. The summed E-state index contributed by atoms with van der Waals surface area (Å²) in [5, 5.41) is 10.3. The van der Waals surface area contributed by atoms with E-state index in [1.807, 2.05) is 12.1 Å². The number of halogens is 1. The van der Waals surface area contributed by atoms with Crippen molar-refractivity contribution in [3.63, 3.8) is 0 Å². The van der Waals surface area contributed by atoms with Crippen molar-refractivity contribution in [1.29, 1.82) is 0 Å². The Morgan fingerprint density at radius 3 is 2.24 bits per heavy atom. The number of carbonyl (C=O) groups is 1. The van der Waals surface area contributed by atoms with E-state index in [2.05, 4.69) is 25.9 Å². The van der Waals surface area contributed by atoms with E-state index in [9.17, 15) is 4.79 Å². The van der Waals surface area contributed by atoms with Gasteiger partial charge in [-0.2, -0.15) is 0 Å². The lowest BCUT2D eigenvalue weighted by Gasteiger charge is -2.00. The highest BCUT2D eigenvalue weighted by Gasteiger charge is 2.04. The molecule has 0 spiro atoms. The molecule has 0 amide bonds. The van der Waals surface area contributed by atoms with E-state index in [1.165, 1.54) is 24.0 Å². The Labute approximate surface area is 110 Å². The van der Waals surface area contributed by atoms with Crippen LogP contribution in [0.15, 0.2) is 51.2 Å². The Bertz CT molecular complexity index is 528. The zero-order valence-electron chi connectivity index (χ0n) is 8.50. The fourth-order valence-electron chi connectivity index (χ4n) is 1.10. The van der Waals surface area contributed by atoms with Gasteiger partial charge in [-0.25, -0.2) is 14.8 Å². The van der Waals surface area contributed by atoms with Crippen LogP contribution >= 0.6 is 27.7 Å². The van der Waals surface area contributed by atoms with Crippen molar-refractivity contribution >= 4 is 33.7 Å². The Morgan fingerprint density at radius 2 is 1.76 bits per heavy atom. The standard InChI is InChI=1S/C11H7BrN2O2S/c12-8-2-4-10(14-6-8)17-9-3-1-7(5-13-9)11(15)16/h1-6H,(H,15,16). The smallest absolute Gasteiger partial charge is 0.337 e. The summed E-state index contributed by atoms with van der Waals surface area (Å²) in [5.41, 5.74) is 0.179. The molecule has 0 radical (unpaired) electrons. The van der Waals surface area contributed by atoms with Crippen LogP contribution in [0.5, 0.6) is 0 Å². The van der Waals surface area contributed by atoms with Gasteiger partial charge in [0.05, 0.1) is 5.56 Å². The molecule has 0 saturated heterocycles. The lowest BCUT2D eigenvalue weighted by molar-refractivity contribution is 0.0696. The number of nitrogens with zero attached hydrogens (tertiary/aromatic N) is 2. The average molecular weight is 311 g/mol. The molecule has 86 valence electrons. The molecule has 0 aliphatic heterocycles. The predicted octanol–water partition coefficient (Wildman–Crippen LogP) is 3.09. The van der Waals surface area contributed by atoms with E-state index in [0.29, 0.717) is 5.03 Å². The molecule has 1 N–H and O–H groups in total. The highest BCUT2D eigenvalue weighted by molar-refractivity contribution is 9.10. The van der Waals surface area contributed by atoms with Crippen LogP contribution in [-0.4, -0.2) is 21.0 Å². The summed E-state index contributed by atoms with van der Waals surface area (Å²) in [6.45, 7) is 0. The van der Waals surface area contributed by atoms with E-state index in [-0.39, 0.29) is 5.56 Å². The molecule has 6 heteroatoms. The van der Waals surface area contributed by atoms with Crippen molar-refractivity contribution in [3.8, 4) is 0 Å². The van der Waals surface area contributed by atoms with Gasteiger partial charge in [0.25, 0.3) is 0 Å². The lowest BCUT2D eigenvalue weighted by Crippen LogP contribution is -1.96. The van der Waals surface area contributed by atoms with Crippen molar-refractivity contribution in [2.24, 2.45) is 0 Å². The Balaban J connectivity index is 2.13. The molecule has 4 nitrogen and oxygen atoms in total. The first-order chi connectivity index (χ1) is 8.15. The van der Waals surface area contributed by atoms with Gasteiger partial charge >= 0.3 is 5.97 Å². The maximum Gasteiger partial charge on any atom is 0.337 e. The van der Waals surface area contributed by atoms with Crippen LogP contribution in [0.4, 0.5) is 0 Å². The molecular weight excluding hydrogens is 304 g/mol. The zero-order chi connectivity index (χ0) is 12.3. The molecule has 2 rings (SSSR count). The molecule has 2 aromatic rings. The van der Waals surface area contributed by atoms with Gasteiger partial charge in [0, 0.05) is 16.9 Å². The largest absolute Gasteiger partial charge is 0.478 e. The normalized spacial score (nSPS) is 10.2. The summed E-state index contributed by atoms with van der Waals surface area (Å²) < 4.78 is 0.913. The summed E-state index contributed by atoms with van der Waals surface area (Å²) in [4.78, 5) is 18.9. The van der Waals surface area contributed by atoms with Crippen LogP contribution in [0.2, 0.25) is 0 Å². The summed E-state index contributed by atoms with van der Waals surface area (Å²) in [7, 11) is 0. The number of hydrogen-bond acceptors (Lipinski definition) is 4. The highest BCUT2D eigenvalue weighted by atomic mass is 79.9. The lowest BCUT2D eigenvalue weighted by atomic mass is 10.3. The van der Waals surface area contributed by atoms with E-state index in [4.69, 9.17) is 5.11 Å². The number of pyridine rings is 2. The van der Waals surface area contributed by atoms with Crippen LogP contribution in [0.1, 0.15) is 10.4 Å². The first-order valence-corrected chi connectivity index (χ1v) is 6.25. The minimum Gasteiger partial charge on any atom is -0.478 e. The Kier molecular flexibility index (Phi) is 3.75. The van der Waals surface area contributed by atoms with Crippen molar-refractivity contribution < 1.29 is 9.90 Å². The second kappa shape index (κ2) is 5.29. The number of aromatic nitrogens is 2. The van der Waals surface area contributed by atoms with Gasteiger partial charge in [0.2, 0.25) is 0 Å². The molecule has 0 unspecified atom stereocenters. The van der Waals surface area contributed by atoms with Crippen LogP contribution in [0.25, 0.3) is 0 Å². The SMILES string of the molecule is O=C(O)c1ccc(Sc2ccc(Br)cn2)nc1. The first-order valence-electron chi connectivity index (χ1n) is 4.64. The number of carboxylic acid groups (broad SMARTS) is 1. The summed E-state index contributed by atoms with van der Waals surface area (Å²) in [6, 6.07) is 6.94. The molecular formula is C11H7BrN2O2S. The number of aromatic carboxylic acids is 1. The third-order valence-electron chi connectivity index (χ3n) is 1.89. The van der Waals surface area contributed by atoms with Crippen molar-refractivity contribution in [2.75, 3.05) is 0 Å². The maximum absolute atomic E-state index is 10.6. The van der Waals surface area contributed by atoms with Crippen LogP contribution in [-0.2, 0) is 0 Å². The first kappa shape index (κ1) is 12.1. The van der Waals surface area contributed by atoms with Crippen LogP contribution in [0.3, 0.4) is 0 Å². The zero-order valence-corrected chi connectivity index (χ0v) is 10.9. The molecule has 0 saturated carbocycles. The number of hydrogen-bond donors (Lipinski definition) is 1. The molecule has 0 aliphatic rings. The Hall–Kier alpha value is -1.40.